The molecule has 30 rings (SSSR count). The van der Waals surface area contributed by atoms with Crippen molar-refractivity contribution in [2.45, 2.75) is 40.0 Å². The standard InChI is InChI=1S/C44H29N3O.C40H24N2O2.C40H24N2OS/c1-25-46-37-13-8-14-39-43(37)47(25)38-20-17-28(23-40(38)48-39)42-33-11-6-4-9-31(33)41(32-10-5-7-12-34(32)42)27-16-19-30-29-18-15-26(24-45)21-35(29)44(2,3)36(30)22-27;1-23-41-32-14-8-16-35-40(32)42(23)33-20-18-25(22-37(33)44-35)39-30-12-4-2-10-28(30)38(29-11-3-5-13-31(29)39)24-17-19-27-26-9-6-7-15-34(26)43-36(27)21-24;1-23-41-32-14-8-15-34-40(32)42(23)33-20-18-24(21-35(33)43-34)38-28-10-2-4-12-30(28)39(31-13-5-3-11-29(31)38)25-17-19-27-26-9-6-7-16-36(26)44-37(27)22-25/h4-23H,1-3H3;2*2-22H,1H3. The van der Waals surface area contributed by atoms with Gasteiger partial charge in [0.2, 0.25) is 0 Å². The second-order valence-electron chi connectivity index (χ2n) is 36.6. The van der Waals surface area contributed by atoms with Gasteiger partial charge in [0, 0.05) is 36.4 Å². The number of aryl methyl sites for hydroxylation is 3. The first-order valence-corrected chi connectivity index (χ1v) is 47.0. The Hall–Kier alpha value is -17.5. The largest absolute Gasteiger partial charge is 0.456 e. The first-order chi connectivity index (χ1) is 66.9. The van der Waals surface area contributed by atoms with Gasteiger partial charge in [-0.1, -0.05) is 269 Å². The smallest absolute Gasteiger partial charge is 0.153 e. The van der Waals surface area contributed by atoms with Crippen molar-refractivity contribution in [3.8, 4) is 136 Å². The maximum atomic E-state index is 9.62. The molecule has 0 spiro atoms. The molecule has 638 valence electrons. The second kappa shape index (κ2) is 29.2. The van der Waals surface area contributed by atoms with Crippen LogP contribution in [0.1, 0.15) is 48.0 Å². The molecule has 21 aromatic carbocycles. The van der Waals surface area contributed by atoms with Crippen LogP contribution in [0.2, 0.25) is 0 Å². The van der Waals surface area contributed by atoms with Crippen LogP contribution in [0.25, 0.3) is 235 Å². The number of imidazole rings is 3. The highest BCUT2D eigenvalue weighted by Crippen LogP contribution is 2.56. The summed E-state index contributed by atoms with van der Waals surface area (Å²) in [6, 6.07) is 137. The molecule has 0 N–H and O–H groups in total. The predicted molar refractivity (Wildman–Crippen MR) is 558 cm³/mol. The van der Waals surface area contributed by atoms with Crippen LogP contribution in [0.15, 0.2) is 381 Å². The van der Waals surface area contributed by atoms with Crippen molar-refractivity contribution in [3.63, 3.8) is 0 Å². The van der Waals surface area contributed by atoms with Gasteiger partial charge >= 0.3 is 0 Å². The summed E-state index contributed by atoms with van der Waals surface area (Å²) in [5.74, 6) is 7.85. The van der Waals surface area contributed by atoms with Gasteiger partial charge < -0.3 is 18.6 Å². The molecular formula is C124H77N7O4S. The molecule has 136 heavy (non-hydrogen) atoms. The zero-order valence-corrected chi connectivity index (χ0v) is 75.3. The minimum atomic E-state index is -0.222. The van der Waals surface area contributed by atoms with Crippen LogP contribution in [0.3, 0.4) is 0 Å². The molecule has 11 nitrogen and oxygen atoms in total. The fraction of sp³-hybridized carbons (Fsp3) is 0.0484. The van der Waals surface area contributed by atoms with Gasteiger partial charge in [-0.25, -0.2) is 15.0 Å². The first kappa shape index (κ1) is 77.3. The lowest BCUT2D eigenvalue weighted by Gasteiger charge is -2.24. The summed E-state index contributed by atoms with van der Waals surface area (Å²) in [6.07, 6.45) is 0. The highest BCUT2D eigenvalue weighted by atomic mass is 32.1. The van der Waals surface area contributed by atoms with Crippen molar-refractivity contribution in [1.29, 1.82) is 5.26 Å². The maximum absolute atomic E-state index is 9.62. The van der Waals surface area contributed by atoms with Gasteiger partial charge in [0.1, 0.15) is 45.2 Å². The molecule has 1 aliphatic carbocycles. The number of benzene rings is 21. The van der Waals surface area contributed by atoms with E-state index in [1.54, 1.807) is 0 Å². The molecule has 5 aromatic heterocycles. The van der Waals surface area contributed by atoms with Crippen LogP contribution >= 0.6 is 11.3 Å². The number of hydrogen-bond donors (Lipinski definition) is 0. The average Bonchev–Trinajstić information content (AvgIpc) is 0.949. The van der Waals surface area contributed by atoms with Crippen LogP contribution in [0, 0.1) is 32.1 Å². The van der Waals surface area contributed by atoms with Crippen molar-refractivity contribution < 1.29 is 18.6 Å². The Kier molecular flexibility index (Phi) is 16.6. The lowest BCUT2D eigenvalue weighted by Crippen LogP contribution is -2.15. The van der Waals surface area contributed by atoms with E-state index in [-0.39, 0.29) is 5.41 Å². The average molecular weight is 1760 g/mol. The van der Waals surface area contributed by atoms with E-state index in [1.165, 1.54) is 152 Å². The number of para-hydroxylation sites is 4. The van der Waals surface area contributed by atoms with Crippen LogP contribution in [-0.2, 0) is 5.41 Å². The SMILES string of the molecule is Cc1nc2cccc3c2n1-c1ccc(-c2c4ccccc4c(-c4ccc5c(c4)C(C)(C)c4cc(C#N)ccc4-5)c4ccccc24)cc1O3.Cc1nc2cccc3c2n1-c1ccc(-c2c4ccccc4c(-c4ccc5c(c4)oc4ccccc45)c4ccccc24)cc1O3.Cc1nc2cccc3c2n1-c1ccc(-c2c4ccccc4c(-c4ccc5c(c4)sc4ccccc45)c4ccccc24)cc1O3. The number of furan rings is 1. The van der Waals surface area contributed by atoms with E-state index in [1.807, 2.05) is 84.1 Å². The fourth-order valence-corrected chi connectivity index (χ4v) is 24.1. The number of ether oxygens (including phenoxy) is 3. The van der Waals surface area contributed by atoms with Crippen molar-refractivity contribution in [2.24, 2.45) is 0 Å². The van der Waals surface area contributed by atoms with Crippen LogP contribution < -0.4 is 14.2 Å². The summed E-state index contributed by atoms with van der Waals surface area (Å²) in [5.41, 5.74) is 30.5. The van der Waals surface area contributed by atoms with Crippen LogP contribution in [0.4, 0.5) is 0 Å². The lowest BCUT2D eigenvalue weighted by atomic mass is 9.80. The molecular weight excluding hydrogens is 1680 g/mol. The Bertz CT molecular complexity index is 9320. The molecule has 0 radical (unpaired) electrons. The van der Waals surface area contributed by atoms with Crippen LogP contribution in [0.5, 0.6) is 34.5 Å². The highest BCUT2D eigenvalue weighted by molar-refractivity contribution is 7.25. The van der Waals surface area contributed by atoms with Gasteiger partial charge in [0.05, 0.1) is 45.2 Å². The zero-order valence-electron chi connectivity index (χ0n) is 74.5. The van der Waals surface area contributed by atoms with E-state index in [2.05, 4.69) is 358 Å². The van der Waals surface area contributed by atoms with Gasteiger partial charge in [-0.3, -0.25) is 13.7 Å². The van der Waals surface area contributed by atoms with E-state index < -0.39 is 0 Å². The van der Waals surface area contributed by atoms with Crippen LogP contribution in [-0.4, -0.2) is 28.7 Å². The molecule has 8 heterocycles. The summed E-state index contributed by atoms with van der Waals surface area (Å²) in [5, 5.41) is 29.1. The molecule has 0 unspecified atom stereocenters. The summed E-state index contributed by atoms with van der Waals surface area (Å²) >= 11 is 1.87. The Morgan fingerprint density at radius 1 is 0.265 bits per heavy atom. The van der Waals surface area contributed by atoms with Crippen molar-refractivity contribution in [3.05, 3.63) is 410 Å². The van der Waals surface area contributed by atoms with Crippen molar-refractivity contribution in [2.75, 3.05) is 0 Å². The van der Waals surface area contributed by atoms with E-state index in [4.69, 9.17) is 33.6 Å². The molecule has 0 bridgehead atoms. The van der Waals surface area contributed by atoms with Gasteiger partial charge in [-0.2, -0.15) is 5.26 Å². The summed E-state index contributed by atoms with van der Waals surface area (Å²) in [6.45, 7) is 10.7. The number of fused-ring (bicyclic) bond motifs is 21. The predicted octanol–water partition coefficient (Wildman–Crippen LogP) is 33.7. The maximum Gasteiger partial charge on any atom is 0.153 e. The monoisotopic (exact) mass is 1760 g/mol. The molecule has 12 heteroatoms. The third kappa shape index (κ3) is 11.4. The van der Waals surface area contributed by atoms with E-state index in [0.717, 1.165) is 146 Å². The number of hydrogen-bond acceptors (Lipinski definition) is 9. The Labute approximate surface area is 784 Å². The zero-order chi connectivity index (χ0) is 90.2. The minimum Gasteiger partial charge on any atom is -0.456 e. The van der Waals surface area contributed by atoms with E-state index in [0.29, 0.717) is 5.56 Å². The van der Waals surface area contributed by atoms with Gasteiger partial charge in [-0.15, -0.1) is 11.3 Å². The van der Waals surface area contributed by atoms with Gasteiger partial charge in [0.15, 0.2) is 34.5 Å². The number of nitriles is 1. The molecule has 0 fully saturated rings. The Morgan fingerprint density at radius 2 is 0.574 bits per heavy atom. The first-order valence-electron chi connectivity index (χ1n) is 46.1. The number of aromatic nitrogens is 6. The molecule has 0 saturated heterocycles. The summed E-state index contributed by atoms with van der Waals surface area (Å²) in [4.78, 5) is 14.4. The number of thiophene rings is 1. The number of nitrogens with zero attached hydrogens (tertiary/aromatic N) is 7. The normalized spacial score (nSPS) is 12.8. The third-order valence-electron chi connectivity index (χ3n) is 28.8. The quantitative estimate of drug-likeness (QED) is 0.151. The molecule has 0 saturated carbocycles. The molecule has 0 amide bonds. The third-order valence-corrected chi connectivity index (χ3v) is 29.9. The number of rotatable bonds is 6. The highest BCUT2D eigenvalue weighted by Gasteiger charge is 2.37. The molecule has 4 aliphatic rings. The van der Waals surface area contributed by atoms with Gasteiger partial charge in [0.25, 0.3) is 0 Å². The summed E-state index contributed by atoms with van der Waals surface area (Å²) < 4.78 is 35.2. The Balaban J connectivity index is 0.000000101. The summed E-state index contributed by atoms with van der Waals surface area (Å²) in [7, 11) is 0. The fourth-order valence-electron chi connectivity index (χ4n) is 22.9. The Morgan fingerprint density at radius 3 is 0.978 bits per heavy atom. The van der Waals surface area contributed by atoms with Gasteiger partial charge in [-0.05, 0) is 296 Å². The minimum absolute atomic E-state index is 0.222. The lowest BCUT2D eigenvalue weighted by molar-refractivity contribution is 0.475. The van der Waals surface area contributed by atoms with Crippen molar-refractivity contribution >= 4 is 151 Å². The molecule has 3 aliphatic heterocycles. The topological polar surface area (TPSA) is 118 Å². The van der Waals surface area contributed by atoms with E-state index in [9.17, 15) is 5.26 Å². The second-order valence-corrected chi connectivity index (χ2v) is 37.7. The molecule has 26 aromatic rings. The van der Waals surface area contributed by atoms with Crippen molar-refractivity contribution in [1.82, 2.24) is 28.7 Å². The van der Waals surface area contributed by atoms with E-state index >= 15 is 0 Å². The molecule has 0 atom stereocenters.